The van der Waals surface area contributed by atoms with E-state index in [1.807, 2.05) is 6.07 Å². The van der Waals surface area contributed by atoms with Crippen molar-refractivity contribution in [1.82, 2.24) is 15.5 Å². The van der Waals surface area contributed by atoms with Crippen molar-refractivity contribution in [3.63, 3.8) is 0 Å². The van der Waals surface area contributed by atoms with E-state index >= 15 is 0 Å². The minimum Gasteiger partial charge on any atom is -0.480 e. The molecule has 1 aliphatic rings. The molecule has 4 heteroatoms. The monoisotopic (exact) mass is 165 g/mol. The van der Waals surface area contributed by atoms with Crippen molar-refractivity contribution in [2.75, 3.05) is 13.7 Å². The third-order valence-electron chi connectivity index (χ3n) is 2.00. The van der Waals surface area contributed by atoms with Crippen molar-refractivity contribution in [1.29, 1.82) is 0 Å². The van der Waals surface area contributed by atoms with Crippen LogP contribution in [0.3, 0.4) is 0 Å². The van der Waals surface area contributed by atoms with Gasteiger partial charge in [-0.3, -0.25) is 0 Å². The molecule has 0 radical (unpaired) electrons. The van der Waals surface area contributed by atoms with Gasteiger partial charge in [0.1, 0.15) is 0 Å². The average molecular weight is 165 g/mol. The number of ether oxygens (including phenoxy) is 1. The summed E-state index contributed by atoms with van der Waals surface area (Å²) in [6.07, 6.45) is 0.965. The molecule has 0 bridgehead atoms. The number of hydrogen-bond acceptors (Lipinski definition) is 4. The van der Waals surface area contributed by atoms with Gasteiger partial charge >= 0.3 is 0 Å². The Morgan fingerprint density at radius 3 is 3.25 bits per heavy atom. The first-order valence-electron chi connectivity index (χ1n) is 4.00. The molecule has 1 aromatic heterocycles. The third-order valence-corrected chi connectivity index (χ3v) is 2.00. The van der Waals surface area contributed by atoms with Crippen molar-refractivity contribution in [2.45, 2.75) is 13.0 Å². The Morgan fingerprint density at radius 1 is 1.50 bits per heavy atom. The summed E-state index contributed by atoms with van der Waals surface area (Å²) in [5, 5.41) is 11.3. The summed E-state index contributed by atoms with van der Waals surface area (Å²) in [5.41, 5.74) is 2.29. The van der Waals surface area contributed by atoms with Gasteiger partial charge in [0.2, 0.25) is 5.88 Å². The van der Waals surface area contributed by atoms with Gasteiger partial charge in [0.15, 0.2) is 0 Å². The van der Waals surface area contributed by atoms with Crippen LogP contribution in [0, 0.1) is 0 Å². The van der Waals surface area contributed by atoms with Crippen molar-refractivity contribution in [3.05, 3.63) is 17.3 Å². The predicted molar refractivity (Wildman–Crippen MR) is 44.0 cm³/mol. The molecule has 1 N–H and O–H groups in total. The lowest BCUT2D eigenvalue weighted by atomic mass is 10.1. The minimum atomic E-state index is 0.595. The highest BCUT2D eigenvalue weighted by Crippen LogP contribution is 2.14. The van der Waals surface area contributed by atoms with Gasteiger partial charge in [-0.25, -0.2) is 0 Å². The zero-order chi connectivity index (χ0) is 8.39. The normalized spacial score (nSPS) is 15.4. The van der Waals surface area contributed by atoms with Crippen molar-refractivity contribution < 1.29 is 4.74 Å². The number of rotatable bonds is 1. The fourth-order valence-electron chi connectivity index (χ4n) is 1.33. The standard InChI is InChI=1S/C8H11N3O/c1-12-8-4-6-5-9-3-2-7(6)10-11-8/h4,9H,2-3,5H2,1H3. The molecular formula is C8H11N3O. The quantitative estimate of drug-likeness (QED) is 0.642. The summed E-state index contributed by atoms with van der Waals surface area (Å²) < 4.78 is 4.98. The Balaban J connectivity index is 2.36. The average Bonchev–Trinajstić information content (AvgIpc) is 2.17. The maximum Gasteiger partial charge on any atom is 0.233 e. The van der Waals surface area contributed by atoms with Gasteiger partial charge in [0, 0.05) is 25.6 Å². The molecule has 0 amide bonds. The maximum absolute atomic E-state index is 4.98. The molecule has 2 heterocycles. The summed E-state index contributed by atoms with van der Waals surface area (Å²) >= 11 is 0. The van der Waals surface area contributed by atoms with E-state index in [1.54, 1.807) is 7.11 Å². The first kappa shape index (κ1) is 7.49. The number of aromatic nitrogens is 2. The lowest BCUT2D eigenvalue weighted by Crippen LogP contribution is -2.24. The molecular weight excluding hydrogens is 154 g/mol. The Hall–Kier alpha value is -1.16. The zero-order valence-electron chi connectivity index (χ0n) is 7.00. The second-order valence-electron chi connectivity index (χ2n) is 2.79. The summed E-state index contributed by atoms with van der Waals surface area (Å²) in [6, 6.07) is 1.94. The third kappa shape index (κ3) is 1.25. The van der Waals surface area contributed by atoms with Crippen LogP contribution < -0.4 is 10.1 Å². The first-order chi connectivity index (χ1) is 5.90. The van der Waals surface area contributed by atoms with E-state index in [2.05, 4.69) is 15.5 Å². The molecule has 1 aromatic rings. The molecule has 0 spiro atoms. The van der Waals surface area contributed by atoms with Crippen LogP contribution in [-0.2, 0) is 13.0 Å². The predicted octanol–water partition coefficient (Wildman–Crippen LogP) is 0.131. The Morgan fingerprint density at radius 2 is 2.42 bits per heavy atom. The lowest BCUT2D eigenvalue weighted by Gasteiger charge is -2.14. The van der Waals surface area contributed by atoms with Gasteiger partial charge in [0.25, 0.3) is 0 Å². The zero-order valence-corrected chi connectivity index (χ0v) is 7.00. The van der Waals surface area contributed by atoms with Crippen LogP contribution in [-0.4, -0.2) is 23.9 Å². The molecule has 0 saturated heterocycles. The second kappa shape index (κ2) is 3.06. The molecule has 0 aromatic carbocycles. The van der Waals surface area contributed by atoms with Crippen molar-refractivity contribution in [2.24, 2.45) is 0 Å². The van der Waals surface area contributed by atoms with Crippen LogP contribution in [0.15, 0.2) is 6.07 Å². The number of hydrogen-bond donors (Lipinski definition) is 1. The Bertz CT molecular complexity index is 288. The van der Waals surface area contributed by atoms with E-state index in [9.17, 15) is 0 Å². The topological polar surface area (TPSA) is 47.0 Å². The molecule has 1 aliphatic heterocycles. The van der Waals surface area contributed by atoms with Gasteiger partial charge in [-0.2, -0.15) is 5.10 Å². The van der Waals surface area contributed by atoms with Crippen LogP contribution in [0.25, 0.3) is 0 Å². The summed E-state index contributed by atoms with van der Waals surface area (Å²) in [7, 11) is 1.60. The highest BCUT2D eigenvalue weighted by molar-refractivity contribution is 5.25. The van der Waals surface area contributed by atoms with Crippen LogP contribution in [0.2, 0.25) is 0 Å². The highest BCUT2D eigenvalue weighted by Gasteiger charge is 2.10. The van der Waals surface area contributed by atoms with Crippen molar-refractivity contribution in [3.8, 4) is 5.88 Å². The summed E-state index contributed by atoms with van der Waals surface area (Å²) in [6.45, 7) is 1.87. The number of fused-ring (bicyclic) bond motifs is 1. The van der Waals surface area contributed by atoms with Crippen molar-refractivity contribution >= 4 is 0 Å². The molecule has 0 fully saturated rings. The maximum atomic E-state index is 4.98. The van der Waals surface area contributed by atoms with Gasteiger partial charge in [0.05, 0.1) is 12.8 Å². The van der Waals surface area contributed by atoms with E-state index in [1.165, 1.54) is 5.56 Å². The second-order valence-corrected chi connectivity index (χ2v) is 2.79. The van der Waals surface area contributed by atoms with E-state index in [0.717, 1.165) is 25.2 Å². The summed E-state index contributed by atoms with van der Waals surface area (Å²) in [5.74, 6) is 0.595. The molecule has 4 nitrogen and oxygen atoms in total. The van der Waals surface area contributed by atoms with Gasteiger partial charge in [-0.15, -0.1) is 5.10 Å². The fraction of sp³-hybridized carbons (Fsp3) is 0.500. The molecule has 0 saturated carbocycles. The first-order valence-corrected chi connectivity index (χ1v) is 4.00. The molecule has 0 atom stereocenters. The highest BCUT2D eigenvalue weighted by atomic mass is 16.5. The van der Waals surface area contributed by atoms with Crippen LogP contribution in [0.4, 0.5) is 0 Å². The van der Waals surface area contributed by atoms with Gasteiger partial charge in [-0.05, 0) is 5.56 Å². The van der Waals surface area contributed by atoms with E-state index in [0.29, 0.717) is 5.88 Å². The molecule has 0 aliphatic carbocycles. The summed E-state index contributed by atoms with van der Waals surface area (Å²) in [4.78, 5) is 0. The van der Waals surface area contributed by atoms with Gasteiger partial charge < -0.3 is 10.1 Å². The van der Waals surface area contributed by atoms with Crippen LogP contribution >= 0.6 is 0 Å². The fourth-order valence-corrected chi connectivity index (χ4v) is 1.33. The Labute approximate surface area is 71.0 Å². The SMILES string of the molecule is COc1cc2c(nn1)CCNC2. The number of nitrogens with zero attached hydrogens (tertiary/aromatic N) is 2. The van der Waals surface area contributed by atoms with Gasteiger partial charge in [-0.1, -0.05) is 0 Å². The molecule has 2 rings (SSSR count). The van der Waals surface area contributed by atoms with E-state index < -0.39 is 0 Å². The molecule has 0 unspecified atom stereocenters. The largest absolute Gasteiger partial charge is 0.480 e. The Kier molecular flexibility index (Phi) is 1.91. The smallest absolute Gasteiger partial charge is 0.233 e. The number of nitrogens with one attached hydrogen (secondary N) is 1. The minimum absolute atomic E-state index is 0.595. The van der Waals surface area contributed by atoms with E-state index in [-0.39, 0.29) is 0 Å². The van der Waals surface area contributed by atoms with Crippen LogP contribution in [0.5, 0.6) is 5.88 Å². The molecule has 64 valence electrons. The lowest BCUT2D eigenvalue weighted by molar-refractivity contribution is 0.388. The number of methoxy groups -OCH3 is 1. The molecule has 12 heavy (non-hydrogen) atoms. The van der Waals surface area contributed by atoms with Crippen LogP contribution in [0.1, 0.15) is 11.3 Å². The van der Waals surface area contributed by atoms with E-state index in [4.69, 9.17) is 4.74 Å².